The van der Waals surface area contributed by atoms with E-state index in [0.29, 0.717) is 11.9 Å². The zero-order valence-corrected chi connectivity index (χ0v) is 15.5. The van der Waals surface area contributed by atoms with Crippen molar-refractivity contribution in [3.63, 3.8) is 0 Å². The molecule has 2 aliphatic heterocycles. The molecule has 0 aromatic carbocycles. The lowest BCUT2D eigenvalue weighted by Gasteiger charge is -2.36. The van der Waals surface area contributed by atoms with Crippen molar-refractivity contribution < 1.29 is 9.32 Å². The summed E-state index contributed by atoms with van der Waals surface area (Å²) in [5.74, 6) is 1.96. The number of carbonyl (C=O) groups is 1. The molecule has 3 atom stereocenters. The van der Waals surface area contributed by atoms with Crippen LogP contribution in [-0.4, -0.2) is 59.1 Å². The van der Waals surface area contributed by atoms with Gasteiger partial charge in [-0.05, 0) is 39.0 Å². The minimum atomic E-state index is 0.0576. The molecule has 3 aliphatic rings. The van der Waals surface area contributed by atoms with Crippen LogP contribution in [-0.2, 0) is 11.3 Å². The van der Waals surface area contributed by atoms with E-state index in [1.165, 1.54) is 31.2 Å². The summed E-state index contributed by atoms with van der Waals surface area (Å²) in [6, 6.07) is 0.644. The van der Waals surface area contributed by atoms with E-state index in [-0.39, 0.29) is 6.04 Å². The second-order valence-electron chi connectivity index (χ2n) is 8.01. The summed E-state index contributed by atoms with van der Waals surface area (Å²) in [6.07, 6.45) is 6.24. The Hall–Kier alpha value is -1.40. The SMILES string of the molecule is Cc1noc(C)c1CN1CCN(C(=O)[C@@H]2C[C@@H]3CCCC[C@H]3N2)CC1. The fourth-order valence-electron chi connectivity index (χ4n) is 4.81. The van der Waals surface area contributed by atoms with Gasteiger partial charge in [-0.2, -0.15) is 0 Å². The topological polar surface area (TPSA) is 61.6 Å². The van der Waals surface area contributed by atoms with Crippen molar-refractivity contribution in [1.82, 2.24) is 20.3 Å². The summed E-state index contributed by atoms with van der Waals surface area (Å²) in [5, 5.41) is 7.67. The van der Waals surface area contributed by atoms with E-state index < -0.39 is 0 Å². The molecule has 0 radical (unpaired) electrons. The Kier molecular flexibility index (Phi) is 4.82. The molecular formula is C19H30N4O2. The molecule has 0 bridgehead atoms. The van der Waals surface area contributed by atoms with E-state index in [1.807, 2.05) is 13.8 Å². The normalized spacial score (nSPS) is 30.5. The first kappa shape index (κ1) is 17.0. The molecule has 1 aliphatic carbocycles. The maximum atomic E-state index is 12.9. The first-order valence-electron chi connectivity index (χ1n) is 9.81. The third-order valence-electron chi connectivity index (χ3n) is 6.41. The number of piperazine rings is 1. The number of hydrogen-bond donors (Lipinski definition) is 1. The Bertz CT molecular complexity index is 587. The van der Waals surface area contributed by atoms with Gasteiger partial charge < -0.3 is 14.7 Å². The van der Waals surface area contributed by atoms with Crippen molar-refractivity contribution in [2.24, 2.45) is 5.92 Å². The molecule has 1 aromatic heterocycles. The van der Waals surface area contributed by atoms with Gasteiger partial charge in [-0.1, -0.05) is 18.0 Å². The van der Waals surface area contributed by atoms with Gasteiger partial charge in [0.2, 0.25) is 5.91 Å². The number of aromatic nitrogens is 1. The van der Waals surface area contributed by atoms with Crippen molar-refractivity contribution in [2.45, 2.75) is 64.6 Å². The summed E-state index contributed by atoms with van der Waals surface area (Å²) >= 11 is 0. The molecule has 4 rings (SSSR count). The lowest BCUT2D eigenvalue weighted by molar-refractivity contribution is -0.135. The van der Waals surface area contributed by atoms with Gasteiger partial charge in [0.15, 0.2) is 0 Å². The molecule has 2 saturated heterocycles. The van der Waals surface area contributed by atoms with Gasteiger partial charge in [-0.25, -0.2) is 0 Å². The van der Waals surface area contributed by atoms with Crippen LogP contribution >= 0.6 is 0 Å². The monoisotopic (exact) mass is 346 g/mol. The number of fused-ring (bicyclic) bond motifs is 1. The molecule has 25 heavy (non-hydrogen) atoms. The number of aryl methyl sites for hydroxylation is 2. The molecule has 138 valence electrons. The van der Waals surface area contributed by atoms with Crippen LogP contribution in [0.4, 0.5) is 0 Å². The van der Waals surface area contributed by atoms with Crippen molar-refractivity contribution >= 4 is 5.91 Å². The highest BCUT2D eigenvalue weighted by Gasteiger charge is 2.40. The van der Waals surface area contributed by atoms with E-state index in [2.05, 4.69) is 20.3 Å². The third kappa shape index (κ3) is 3.47. The highest BCUT2D eigenvalue weighted by Crippen LogP contribution is 2.33. The highest BCUT2D eigenvalue weighted by atomic mass is 16.5. The standard InChI is InChI=1S/C19H30N4O2/c1-13-16(14(2)25-21-13)12-22-7-9-23(10-8-22)19(24)18-11-15-5-3-4-6-17(15)20-18/h15,17-18,20H,3-12H2,1-2H3/t15-,17+,18-/m0/s1. The molecule has 3 heterocycles. The van der Waals surface area contributed by atoms with Crippen LogP contribution in [0.2, 0.25) is 0 Å². The van der Waals surface area contributed by atoms with Gasteiger partial charge in [0, 0.05) is 44.3 Å². The zero-order valence-electron chi connectivity index (χ0n) is 15.5. The van der Waals surface area contributed by atoms with Crippen LogP contribution < -0.4 is 5.32 Å². The summed E-state index contributed by atoms with van der Waals surface area (Å²) in [5.41, 5.74) is 2.18. The predicted molar refractivity (Wildman–Crippen MR) is 95.1 cm³/mol. The Labute approximate surface area is 149 Å². The van der Waals surface area contributed by atoms with Crippen LogP contribution in [0, 0.1) is 19.8 Å². The van der Waals surface area contributed by atoms with Crippen LogP contribution in [0.25, 0.3) is 0 Å². The lowest BCUT2D eigenvalue weighted by Crippen LogP contribution is -2.53. The van der Waals surface area contributed by atoms with E-state index in [4.69, 9.17) is 4.52 Å². The van der Waals surface area contributed by atoms with Crippen LogP contribution in [0.3, 0.4) is 0 Å². The number of rotatable bonds is 3. The zero-order chi connectivity index (χ0) is 17.4. The maximum Gasteiger partial charge on any atom is 0.239 e. The summed E-state index contributed by atoms with van der Waals surface area (Å²) in [7, 11) is 0. The second-order valence-corrected chi connectivity index (χ2v) is 8.01. The minimum absolute atomic E-state index is 0.0576. The largest absolute Gasteiger partial charge is 0.361 e. The quantitative estimate of drug-likeness (QED) is 0.905. The van der Waals surface area contributed by atoms with Crippen molar-refractivity contribution in [1.29, 1.82) is 0 Å². The molecule has 1 aromatic rings. The van der Waals surface area contributed by atoms with E-state index in [9.17, 15) is 4.79 Å². The van der Waals surface area contributed by atoms with Crippen LogP contribution in [0.15, 0.2) is 4.52 Å². The van der Waals surface area contributed by atoms with Crippen LogP contribution in [0.5, 0.6) is 0 Å². The molecular weight excluding hydrogens is 316 g/mol. The van der Waals surface area contributed by atoms with E-state index >= 15 is 0 Å². The lowest BCUT2D eigenvalue weighted by atomic mass is 9.85. The summed E-state index contributed by atoms with van der Waals surface area (Å²) < 4.78 is 5.26. The Morgan fingerprint density at radius 3 is 2.64 bits per heavy atom. The molecule has 0 unspecified atom stereocenters. The molecule has 1 saturated carbocycles. The first-order chi connectivity index (χ1) is 12.1. The highest BCUT2D eigenvalue weighted by molar-refractivity contribution is 5.82. The van der Waals surface area contributed by atoms with E-state index in [1.54, 1.807) is 0 Å². The minimum Gasteiger partial charge on any atom is -0.361 e. The fourth-order valence-corrected chi connectivity index (χ4v) is 4.81. The number of hydrogen-bond acceptors (Lipinski definition) is 5. The average molecular weight is 346 g/mol. The van der Waals surface area contributed by atoms with Crippen LogP contribution in [0.1, 0.15) is 49.1 Å². The number of amides is 1. The van der Waals surface area contributed by atoms with Crippen molar-refractivity contribution in [2.75, 3.05) is 26.2 Å². The average Bonchev–Trinajstić information content (AvgIpc) is 3.20. The third-order valence-corrected chi connectivity index (χ3v) is 6.41. The molecule has 1 amide bonds. The molecule has 3 fully saturated rings. The molecule has 6 heteroatoms. The predicted octanol–water partition coefficient (Wildman–Crippen LogP) is 1.86. The first-order valence-corrected chi connectivity index (χ1v) is 9.81. The Balaban J connectivity index is 1.29. The Morgan fingerprint density at radius 2 is 1.96 bits per heavy atom. The summed E-state index contributed by atoms with van der Waals surface area (Å²) in [6.45, 7) is 8.35. The molecule has 1 N–H and O–H groups in total. The van der Waals surface area contributed by atoms with Crippen molar-refractivity contribution in [3.05, 3.63) is 17.0 Å². The maximum absolute atomic E-state index is 12.9. The van der Waals surface area contributed by atoms with E-state index in [0.717, 1.165) is 56.5 Å². The van der Waals surface area contributed by atoms with Gasteiger partial charge in [-0.15, -0.1) is 0 Å². The van der Waals surface area contributed by atoms with Gasteiger partial charge in [0.25, 0.3) is 0 Å². The molecule has 0 spiro atoms. The van der Waals surface area contributed by atoms with Gasteiger partial charge in [0.1, 0.15) is 5.76 Å². The smallest absolute Gasteiger partial charge is 0.239 e. The van der Waals surface area contributed by atoms with Gasteiger partial charge >= 0.3 is 0 Å². The number of nitrogens with one attached hydrogen (secondary N) is 1. The van der Waals surface area contributed by atoms with Gasteiger partial charge in [0.05, 0.1) is 11.7 Å². The molecule has 6 nitrogen and oxygen atoms in total. The van der Waals surface area contributed by atoms with Gasteiger partial charge in [-0.3, -0.25) is 9.69 Å². The fraction of sp³-hybridized carbons (Fsp3) is 0.789. The van der Waals surface area contributed by atoms with Crippen molar-refractivity contribution in [3.8, 4) is 0 Å². The number of nitrogens with zero attached hydrogens (tertiary/aromatic N) is 3. The summed E-state index contributed by atoms with van der Waals surface area (Å²) in [4.78, 5) is 17.4. The number of carbonyl (C=O) groups excluding carboxylic acids is 1. The Morgan fingerprint density at radius 1 is 1.20 bits per heavy atom. The second kappa shape index (κ2) is 7.08.